The van der Waals surface area contributed by atoms with E-state index in [4.69, 9.17) is 5.14 Å². The van der Waals surface area contributed by atoms with Gasteiger partial charge in [-0.15, -0.1) is 10.2 Å². The largest absolute Gasteiger partial charge is 0.508 e. The summed E-state index contributed by atoms with van der Waals surface area (Å²) >= 11 is 0. The standard InChI is InChI=1S/C15H14N4O4S/c16-24(22,23)9-14-17-18-15(12-7-6-11(20)8-13(12)21)19(14)10-4-2-1-3-5-10/h1-8,20-21H,9H2,(H2,16,22,23). The summed E-state index contributed by atoms with van der Waals surface area (Å²) in [6.45, 7) is 0. The van der Waals surface area contributed by atoms with Crippen LogP contribution in [0.25, 0.3) is 17.1 Å². The minimum Gasteiger partial charge on any atom is -0.508 e. The lowest BCUT2D eigenvalue weighted by Crippen LogP contribution is -2.17. The van der Waals surface area contributed by atoms with Gasteiger partial charge in [0, 0.05) is 11.8 Å². The van der Waals surface area contributed by atoms with Crippen molar-refractivity contribution in [1.29, 1.82) is 0 Å². The Hall–Kier alpha value is -2.91. The highest BCUT2D eigenvalue weighted by molar-refractivity contribution is 7.88. The van der Waals surface area contributed by atoms with Crippen LogP contribution in [0.5, 0.6) is 11.5 Å². The van der Waals surface area contributed by atoms with Crippen molar-refractivity contribution in [2.24, 2.45) is 5.14 Å². The first kappa shape index (κ1) is 16.0. The molecule has 0 aliphatic heterocycles. The zero-order valence-electron chi connectivity index (χ0n) is 12.4. The van der Waals surface area contributed by atoms with Crippen molar-refractivity contribution in [2.45, 2.75) is 5.75 Å². The van der Waals surface area contributed by atoms with Crippen LogP contribution in [0.15, 0.2) is 48.5 Å². The summed E-state index contributed by atoms with van der Waals surface area (Å²) in [6, 6.07) is 12.9. The van der Waals surface area contributed by atoms with E-state index in [-0.39, 0.29) is 23.1 Å². The predicted octanol–water partition coefficient (Wildman–Crippen LogP) is 1.13. The van der Waals surface area contributed by atoms with E-state index in [0.717, 1.165) is 0 Å². The number of hydrogen-bond donors (Lipinski definition) is 3. The molecule has 3 rings (SSSR count). The van der Waals surface area contributed by atoms with Crippen molar-refractivity contribution in [3.63, 3.8) is 0 Å². The van der Waals surface area contributed by atoms with Gasteiger partial charge >= 0.3 is 0 Å². The molecular formula is C15H14N4O4S. The monoisotopic (exact) mass is 346 g/mol. The second-order valence-electron chi connectivity index (χ2n) is 5.12. The lowest BCUT2D eigenvalue weighted by Gasteiger charge is -2.11. The Morgan fingerprint density at radius 1 is 1.04 bits per heavy atom. The maximum absolute atomic E-state index is 11.5. The van der Waals surface area contributed by atoms with Crippen LogP contribution in [0, 0.1) is 0 Å². The number of phenolic OH excluding ortho intramolecular Hbond substituents is 2. The molecule has 0 atom stereocenters. The number of primary sulfonamides is 1. The molecule has 9 heteroatoms. The second-order valence-corrected chi connectivity index (χ2v) is 6.73. The van der Waals surface area contributed by atoms with Crippen molar-refractivity contribution < 1.29 is 18.6 Å². The summed E-state index contributed by atoms with van der Waals surface area (Å²) in [4.78, 5) is 0. The lowest BCUT2D eigenvalue weighted by molar-refractivity contribution is 0.451. The van der Waals surface area contributed by atoms with Crippen molar-refractivity contribution in [3.8, 4) is 28.6 Å². The van der Waals surface area contributed by atoms with E-state index in [2.05, 4.69) is 10.2 Å². The normalized spacial score (nSPS) is 11.5. The highest BCUT2D eigenvalue weighted by Gasteiger charge is 2.21. The molecule has 3 aromatic rings. The Bertz CT molecular complexity index is 984. The first-order valence-corrected chi connectivity index (χ1v) is 8.59. The molecule has 0 saturated heterocycles. The molecule has 0 bridgehead atoms. The second kappa shape index (κ2) is 5.95. The van der Waals surface area contributed by atoms with Crippen LogP contribution >= 0.6 is 0 Å². The molecule has 0 unspecified atom stereocenters. The molecule has 0 amide bonds. The third-order valence-corrected chi connectivity index (χ3v) is 3.96. The molecule has 24 heavy (non-hydrogen) atoms. The van der Waals surface area contributed by atoms with Gasteiger partial charge in [-0.1, -0.05) is 18.2 Å². The lowest BCUT2D eigenvalue weighted by atomic mass is 10.1. The number of benzene rings is 2. The number of rotatable bonds is 4. The average Bonchev–Trinajstić information content (AvgIpc) is 2.89. The number of aromatic hydroxyl groups is 2. The third kappa shape index (κ3) is 3.21. The molecule has 124 valence electrons. The number of nitrogens with zero attached hydrogens (tertiary/aromatic N) is 3. The molecule has 1 heterocycles. The van der Waals surface area contributed by atoms with Crippen molar-refractivity contribution in [2.75, 3.05) is 0 Å². The van der Waals surface area contributed by atoms with Crippen LogP contribution in [-0.4, -0.2) is 33.4 Å². The quantitative estimate of drug-likeness (QED) is 0.649. The molecule has 0 spiro atoms. The van der Waals surface area contributed by atoms with E-state index in [1.807, 2.05) is 6.07 Å². The van der Waals surface area contributed by atoms with Gasteiger partial charge in [0.25, 0.3) is 0 Å². The van der Waals surface area contributed by atoms with E-state index in [9.17, 15) is 18.6 Å². The smallest absolute Gasteiger partial charge is 0.216 e. The summed E-state index contributed by atoms with van der Waals surface area (Å²) < 4.78 is 24.4. The third-order valence-electron chi connectivity index (χ3n) is 3.30. The summed E-state index contributed by atoms with van der Waals surface area (Å²) in [6.07, 6.45) is 0. The van der Waals surface area contributed by atoms with Crippen LogP contribution in [0.1, 0.15) is 5.82 Å². The van der Waals surface area contributed by atoms with E-state index in [1.54, 1.807) is 24.3 Å². The summed E-state index contributed by atoms with van der Waals surface area (Å²) in [7, 11) is -3.82. The van der Waals surface area contributed by atoms with Gasteiger partial charge in [-0.25, -0.2) is 13.6 Å². The van der Waals surface area contributed by atoms with E-state index in [1.165, 1.54) is 22.8 Å². The van der Waals surface area contributed by atoms with Gasteiger partial charge in [0.05, 0.1) is 5.56 Å². The molecule has 4 N–H and O–H groups in total. The molecule has 0 saturated carbocycles. The summed E-state index contributed by atoms with van der Waals surface area (Å²) in [5.74, 6) is -0.467. The SMILES string of the molecule is NS(=O)(=O)Cc1nnc(-c2ccc(O)cc2O)n1-c1ccccc1. The van der Waals surface area contributed by atoms with Crippen LogP contribution in [0.2, 0.25) is 0 Å². The summed E-state index contributed by atoms with van der Waals surface area (Å²) in [5.41, 5.74) is 0.911. The molecule has 0 radical (unpaired) electrons. The van der Waals surface area contributed by atoms with E-state index in [0.29, 0.717) is 11.3 Å². The average molecular weight is 346 g/mol. The molecular weight excluding hydrogens is 332 g/mol. The minimum absolute atomic E-state index is 0.105. The summed E-state index contributed by atoms with van der Waals surface area (Å²) in [5, 5.41) is 32.5. The van der Waals surface area contributed by atoms with Crippen LogP contribution in [0.3, 0.4) is 0 Å². The van der Waals surface area contributed by atoms with Crippen LogP contribution in [0.4, 0.5) is 0 Å². The van der Waals surface area contributed by atoms with Crippen molar-refractivity contribution in [1.82, 2.24) is 14.8 Å². The molecule has 0 aliphatic rings. The van der Waals surface area contributed by atoms with E-state index < -0.39 is 15.8 Å². The van der Waals surface area contributed by atoms with Crippen LogP contribution < -0.4 is 5.14 Å². The Balaban J connectivity index is 2.24. The fourth-order valence-corrected chi connectivity index (χ4v) is 2.87. The zero-order chi connectivity index (χ0) is 17.3. The fourth-order valence-electron chi connectivity index (χ4n) is 2.32. The Morgan fingerprint density at radius 3 is 2.38 bits per heavy atom. The number of para-hydroxylation sites is 1. The highest BCUT2D eigenvalue weighted by Crippen LogP contribution is 2.32. The van der Waals surface area contributed by atoms with Gasteiger partial charge in [0.15, 0.2) is 11.6 Å². The Labute approximate surface area is 137 Å². The van der Waals surface area contributed by atoms with Crippen LogP contribution in [-0.2, 0) is 15.8 Å². The van der Waals surface area contributed by atoms with Gasteiger partial charge in [0.1, 0.15) is 17.3 Å². The first-order valence-electron chi connectivity index (χ1n) is 6.88. The molecule has 1 aromatic heterocycles. The minimum atomic E-state index is -3.82. The number of nitrogens with two attached hydrogens (primary N) is 1. The molecule has 0 aliphatic carbocycles. The topological polar surface area (TPSA) is 131 Å². The van der Waals surface area contributed by atoms with Gasteiger partial charge in [-0.05, 0) is 24.3 Å². The molecule has 2 aromatic carbocycles. The number of phenols is 2. The van der Waals surface area contributed by atoms with Crippen molar-refractivity contribution >= 4 is 10.0 Å². The molecule has 0 fully saturated rings. The zero-order valence-corrected chi connectivity index (χ0v) is 13.2. The highest BCUT2D eigenvalue weighted by atomic mass is 32.2. The fraction of sp³-hybridized carbons (Fsp3) is 0.0667. The number of hydrogen-bond acceptors (Lipinski definition) is 6. The maximum atomic E-state index is 11.5. The predicted molar refractivity (Wildman–Crippen MR) is 86.9 cm³/mol. The number of aromatic nitrogens is 3. The van der Waals surface area contributed by atoms with E-state index >= 15 is 0 Å². The first-order chi connectivity index (χ1) is 11.3. The maximum Gasteiger partial charge on any atom is 0.216 e. The Kier molecular flexibility index (Phi) is 3.96. The van der Waals surface area contributed by atoms with Gasteiger partial charge in [0.2, 0.25) is 10.0 Å². The molecule has 8 nitrogen and oxygen atoms in total. The Morgan fingerprint density at radius 2 is 1.75 bits per heavy atom. The van der Waals surface area contributed by atoms with Gasteiger partial charge < -0.3 is 10.2 Å². The van der Waals surface area contributed by atoms with Crippen molar-refractivity contribution in [3.05, 3.63) is 54.4 Å². The van der Waals surface area contributed by atoms with Gasteiger partial charge in [-0.3, -0.25) is 4.57 Å². The number of sulfonamides is 1. The van der Waals surface area contributed by atoms with Gasteiger partial charge in [-0.2, -0.15) is 0 Å².